The van der Waals surface area contributed by atoms with E-state index in [9.17, 15) is 9.90 Å². The van der Waals surface area contributed by atoms with Crippen LogP contribution in [0.3, 0.4) is 0 Å². The number of hydrogen-bond acceptors (Lipinski definition) is 5. The fraction of sp³-hybridized carbons (Fsp3) is 0.105. The molecule has 2 N–H and O–H groups in total. The van der Waals surface area contributed by atoms with Crippen molar-refractivity contribution in [1.29, 1.82) is 0 Å². The minimum atomic E-state index is -0.328. The molecule has 0 atom stereocenters. The number of phenolic OH excluding ortho intramolecular Hbond substituents is 1. The number of rotatable bonds is 4. The van der Waals surface area contributed by atoms with Crippen molar-refractivity contribution in [3.8, 4) is 16.3 Å². The summed E-state index contributed by atoms with van der Waals surface area (Å²) in [6.07, 6.45) is 3.06. The Morgan fingerprint density at radius 1 is 1.23 bits per heavy atom. The van der Waals surface area contributed by atoms with Crippen LogP contribution in [0.15, 0.2) is 47.7 Å². The van der Waals surface area contributed by atoms with Gasteiger partial charge < -0.3 is 5.11 Å². The molecule has 0 fully saturated rings. The first kappa shape index (κ1) is 18.1. The average Bonchev–Trinajstić information content (AvgIpc) is 3.10. The van der Waals surface area contributed by atoms with Crippen molar-refractivity contribution in [2.24, 2.45) is 5.10 Å². The van der Waals surface area contributed by atoms with Gasteiger partial charge in [0.15, 0.2) is 0 Å². The Morgan fingerprint density at radius 2 is 1.88 bits per heavy atom. The van der Waals surface area contributed by atoms with Crippen molar-refractivity contribution in [2.45, 2.75) is 13.8 Å². The van der Waals surface area contributed by atoms with Crippen LogP contribution in [0, 0.1) is 13.8 Å². The van der Waals surface area contributed by atoms with Crippen LogP contribution in [0.4, 0.5) is 0 Å². The molecule has 0 unspecified atom stereocenters. The quantitative estimate of drug-likeness (QED) is 0.511. The van der Waals surface area contributed by atoms with E-state index in [4.69, 9.17) is 11.6 Å². The van der Waals surface area contributed by atoms with Gasteiger partial charge in [-0.2, -0.15) is 5.10 Å². The van der Waals surface area contributed by atoms with Crippen molar-refractivity contribution in [1.82, 2.24) is 10.4 Å². The maximum absolute atomic E-state index is 12.2. The lowest BCUT2D eigenvalue weighted by atomic mass is 10.1. The maximum atomic E-state index is 12.2. The third-order valence-corrected chi connectivity index (χ3v) is 5.01. The van der Waals surface area contributed by atoms with Gasteiger partial charge in [0, 0.05) is 10.6 Å². The van der Waals surface area contributed by atoms with Gasteiger partial charge in [0.05, 0.1) is 12.4 Å². The van der Waals surface area contributed by atoms with Crippen molar-refractivity contribution >= 4 is 35.1 Å². The predicted octanol–water partition coefficient (Wildman–Crippen LogP) is 4.55. The molecule has 0 aliphatic rings. The smallest absolute Gasteiger partial charge is 0.283 e. The predicted molar refractivity (Wildman–Crippen MR) is 105 cm³/mol. The third kappa shape index (κ3) is 4.09. The van der Waals surface area contributed by atoms with Gasteiger partial charge >= 0.3 is 0 Å². The number of aryl methyl sites for hydroxylation is 2. The Labute approximate surface area is 160 Å². The summed E-state index contributed by atoms with van der Waals surface area (Å²) >= 11 is 7.16. The molecule has 0 bridgehead atoms. The first-order chi connectivity index (χ1) is 12.4. The molecule has 1 heterocycles. The molecule has 0 spiro atoms. The van der Waals surface area contributed by atoms with Crippen LogP contribution >= 0.6 is 22.9 Å². The lowest BCUT2D eigenvalue weighted by Gasteiger charge is -2.04. The van der Waals surface area contributed by atoms with Crippen LogP contribution < -0.4 is 5.43 Å². The highest BCUT2D eigenvalue weighted by Gasteiger charge is 2.11. The normalized spacial score (nSPS) is 11.0. The van der Waals surface area contributed by atoms with Crippen LogP contribution in [0.5, 0.6) is 5.75 Å². The Morgan fingerprint density at radius 3 is 2.54 bits per heavy atom. The molecule has 0 saturated heterocycles. The van der Waals surface area contributed by atoms with Gasteiger partial charge in [-0.15, -0.1) is 11.3 Å². The summed E-state index contributed by atoms with van der Waals surface area (Å²) in [5, 5.41) is 15.1. The lowest BCUT2D eigenvalue weighted by Crippen LogP contribution is -2.16. The fourth-order valence-corrected chi connectivity index (χ4v) is 3.33. The van der Waals surface area contributed by atoms with E-state index in [0.29, 0.717) is 9.90 Å². The van der Waals surface area contributed by atoms with Crippen LogP contribution in [0.25, 0.3) is 10.6 Å². The van der Waals surface area contributed by atoms with Gasteiger partial charge in [-0.05, 0) is 54.8 Å². The lowest BCUT2D eigenvalue weighted by molar-refractivity contribution is 0.0959. The molecular weight excluding hydrogens is 370 g/mol. The topological polar surface area (TPSA) is 74.6 Å². The zero-order valence-corrected chi connectivity index (χ0v) is 15.7. The van der Waals surface area contributed by atoms with Crippen molar-refractivity contribution in [3.05, 3.63) is 69.2 Å². The number of carbonyl (C=O) groups is 1. The van der Waals surface area contributed by atoms with Crippen LogP contribution in [-0.4, -0.2) is 22.2 Å². The Kier molecular flexibility index (Phi) is 5.35. The molecule has 5 nitrogen and oxygen atoms in total. The Hall–Kier alpha value is -2.70. The number of hydrazone groups is 1. The van der Waals surface area contributed by atoms with Gasteiger partial charge in [-0.25, -0.2) is 10.4 Å². The standard InChI is InChI=1S/C19H16ClN3O2S/c1-11-7-13(8-12(2)17(11)24)9-22-23-18(25)16-10-21-19(26-16)14-3-5-15(20)6-4-14/h3-10,24H,1-2H3,(H,23,25)/b22-9+. The molecule has 1 aromatic heterocycles. The van der Waals surface area contributed by atoms with E-state index >= 15 is 0 Å². The van der Waals surface area contributed by atoms with E-state index in [0.717, 1.165) is 27.3 Å². The second kappa shape index (κ2) is 7.68. The molecule has 0 radical (unpaired) electrons. The molecule has 3 rings (SSSR count). The number of benzene rings is 2. The highest BCUT2D eigenvalue weighted by molar-refractivity contribution is 7.16. The second-order valence-corrected chi connectivity index (χ2v) is 7.21. The summed E-state index contributed by atoms with van der Waals surface area (Å²) in [7, 11) is 0. The van der Waals surface area contributed by atoms with Gasteiger partial charge in [0.25, 0.3) is 5.91 Å². The van der Waals surface area contributed by atoms with Crippen LogP contribution in [0.2, 0.25) is 5.02 Å². The molecule has 7 heteroatoms. The number of carbonyl (C=O) groups excluding carboxylic acids is 1. The molecule has 132 valence electrons. The van der Waals surface area contributed by atoms with E-state index in [-0.39, 0.29) is 11.7 Å². The largest absolute Gasteiger partial charge is 0.507 e. The Balaban J connectivity index is 1.68. The molecule has 0 saturated carbocycles. The number of aromatic nitrogens is 1. The molecule has 26 heavy (non-hydrogen) atoms. The number of amides is 1. The monoisotopic (exact) mass is 385 g/mol. The van der Waals surface area contributed by atoms with E-state index in [1.807, 2.05) is 26.0 Å². The summed E-state index contributed by atoms with van der Waals surface area (Å²) in [6, 6.07) is 10.9. The first-order valence-corrected chi connectivity index (χ1v) is 8.99. The summed E-state index contributed by atoms with van der Waals surface area (Å²) in [6.45, 7) is 3.63. The van der Waals surface area contributed by atoms with Crippen molar-refractivity contribution < 1.29 is 9.90 Å². The van der Waals surface area contributed by atoms with E-state index in [1.165, 1.54) is 17.5 Å². The van der Waals surface area contributed by atoms with Crippen LogP contribution in [-0.2, 0) is 0 Å². The van der Waals surface area contributed by atoms with E-state index in [2.05, 4.69) is 15.5 Å². The van der Waals surface area contributed by atoms with Gasteiger partial charge in [0.1, 0.15) is 15.6 Å². The number of hydrogen-bond donors (Lipinski definition) is 2. The first-order valence-electron chi connectivity index (χ1n) is 7.79. The third-order valence-electron chi connectivity index (χ3n) is 3.71. The van der Waals surface area contributed by atoms with Crippen molar-refractivity contribution in [2.75, 3.05) is 0 Å². The number of halogens is 1. The van der Waals surface area contributed by atoms with Crippen LogP contribution in [0.1, 0.15) is 26.4 Å². The number of aromatic hydroxyl groups is 1. The fourth-order valence-electron chi connectivity index (χ4n) is 2.39. The molecule has 2 aromatic carbocycles. The van der Waals surface area contributed by atoms with Gasteiger partial charge in [-0.1, -0.05) is 23.7 Å². The SMILES string of the molecule is Cc1cc(/C=N/NC(=O)c2cnc(-c3ccc(Cl)cc3)s2)cc(C)c1O. The highest BCUT2D eigenvalue weighted by atomic mass is 35.5. The van der Waals surface area contributed by atoms with Gasteiger partial charge in [0.2, 0.25) is 0 Å². The molecule has 1 amide bonds. The van der Waals surface area contributed by atoms with Crippen molar-refractivity contribution in [3.63, 3.8) is 0 Å². The minimum Gasteiger partial charge on any atom is -0.507 e. The summed E-state index contributed by atoms with van der Waals surface area (Å²) in [5.41, 5.74) is 5.70. The summed E-state index contributed by atoms with van der Waals surface area (Å²) in [5.74, 6) is -0.0586. The minimum absolute atomic E-state index is 0.269. The average molecular weight is 386 g/mol. The maximum Gasteiger partial charge on any atom is 0.283 e. The summed E-state index contributed by atoms with van der Waals surface area (Å²) < 4.78 is 0. The molecular formula is C19H16ClN3O2S. The molecule has 0 aliphatic heterocycles. The number of phenols is 1. The van der Waals surface area contributed by atoms with E-state index in [1.54, 1.807) is 30.5 Å². The number of nitrogens with one attached hydrogen (secondary N) is 1. The Bertz CT molecular complexity index is 958. The van der Waals surface area contributed by atoms with Gasteiger partial charge in [-0.3, -0.25) is 4.79 Å². The van der Waals surface area contributed by atoms with E-state index < -0.39 is 0 Å². The molecule has 3 aromatic rings. The second-order valence-electron chi connectivity index (χ2n) is 5.74. The summed E-state index contributed by atoms with van der Waals surface area (Å²) in [4.78, 5) is 16.9. The number of nitrogens with zero attached hydrogens (tertiary/aromatic N) is 2. The zero-order valence-electron chi connectivity index (χ0n) is 14.2. The number of thiazole rings is 1. The zero-order chi connectivity index (χ0) is 18.7. The highest BCUT2D eigenvalue weighted by Crippen LogP contribution is 2.26. The molecule has 0 aliphatic carbocycles.